The monoisotopic (exact) mass is 302 g/mol. The Morgan fingerprint density at radius 2 is 2.10 bits per heavy atom. The van der Waals surface area contributed by atoms with E-state index in [1.165, 1.54) is 29.3 Å². The van der Waals surface area contributed by atoms with Crippen LogP contribution in [0.15, 0.2) is 42.5 Å². The molecule has 3 nitrogen and oxygen atoms in total. The average Bonchev–Trinajstić information content (AvgIpc) is 2.49. The molecule has 5 heteroatoms. The van der Waals surface area contributed by atoms with Crippen molar-refractivity contribution in [3.8, 4) is 0 Å². The van der Waals surface area contributed by atoms with Crippen LogP contribution in [-0.4, -0.2) is 11.7 Å². The van der Waals surface area contributed by atoms with Crippen molar-refractivity contribution >= 4 is 23.4 Å². The van der Waals surface area contributed by atoms with Gasteiger partial charge in [0, 0.05) is 17.1 Å². The smallest absolute Gasteiger partial charge is 0.248 e. The Morgan fingerprint density at radius 1 is 1.29 bits per heavy atom. The molecule has 2 aromatic carbocycles. The maximum atomic E-state index is 13.9. The number of anilines is 1. The molecule has 1 unspecified atom stereocenters. The first kappa shape index (κ1) is 13.9. The van der Waals surface area contributed by atoms with Crippen molar-refractivity contribution < 1.29 is 9.18 Å². The maximum absolute atomic E-state index is 13.9. The van der Waals surface area contributed by atoms with E-state index in [1.807, 2.05) is 12.1 Å². The predicted octanol–water partition coefficient (Wildman–Crippen LogP) is 3.32. The quantitative estimate of drug-likeness (QED) is 0.914. The second-order valence-electron chi connectivity index (χ2n) is 4.97. The van der Waals surface area contributed by atoms with Crippen LogP contribution in [0.4, 0.5) is 10.1 Å². The van der Waals surface area contributed by atoms with Gasteiger partial charge in [-0.25, -0.2) is 4.39 Å². The van der Waals surface area contributed by atoms with Crippen molar-refractivity contribution in [3.63, 3.8) is 0 Å². The summed E-state index contributed by atoms with van der Waals surface area (Å²) in [6.07, 6.45) is 0. The number of hydrogen-bond acceptors (Lipinski definition) is 3. The minimum absolute atomic E-state index is 0.0255. The number of fused-ring (bicyclic) bond motifs is 1. The molecule has 0 fully saturated rings. The topological polar surface area (TPSA) is 55.1 Å². The Balaban J connectivity index is 1.91. The zero-order chi connectivity index (χ0) is 14.8. The van der Waals surface area contributed by atoms with Crippen molar-refractivity contribution in [2.45, 2.75) is 11.8 Å². The van der Waals surface area contributed by atoms with Crippen molar-refractivity contribution in [1.82, 2.24) is 0 Å². The van der Waals surface area contributed by atoms with Gasteiger partial charge in [-0.15, -0.1) is 0 Å². The van der Waals surface area contributed by atoms with Crippen LogP contribution in [0.25, 0.3) is 0 Å². The molecule has 1 aliphatic rings. The summed E-state index contributed by atoms with van der Waals surface area (Å²) in [6.45, 7) is 0. The third kappa shape index (κ3) is 2.88. The van der Waals surface area contributed by atoms with E-state index in [2.05, 4.69) is 17.4 Å². The summed E-state index contributed by atoms with van der Waals surface area (Å²) in [5.74, 6) is 0.889. The highest BCUT2D eigenvalue weighted by Crippen LogP contribution is 2.34. The Labute approximate surface area is 126 Å². The zero-order valence-electron chi connectivity index (χ0n) is 11.3. The van der Waals surface area contributed by atoms with E-state index in [9.17, 15) is 9.18 Å². The van der Waals surface area contributed by atoms with Crippen LogP contribution in [0.3, 0.4) is 0 Å². The number of primary amides is 1. The number of amides is 1. The minimum atomic E-state index is -0.559. The second-order valence-corrected chi connectivity index (χ2v) is 6.00. The van der Waals surface area contributed by atoms with Gasteiger partial charge in [-0.2, -0.15) is 11.8 Å². The van der Waals surface area contributed by atoms with Crippen LogP contribution in [0.5, 0.6) is 0 Å². The fourth-order valence-corrected chi connectivity index (χ4v) is 3.58. The molecule has 1 atom stereocenters. The molecule has 0 radical (unpaired) electrons. The number of hydrogen-bond donors (Lipinski definition) is 2. The first-order chi connectivity index (χ1) is 10.1. The fourth-order valence-electron chi connectivity index (χ4n) is 2.48. The van der Waals surface area contributed by atoms with Crippen molar-refractivity contribution in [1.29, 1.82) is 0 Å². The molecule has 2 aromatic rings. The first-order valence-corrected chi connectivity index (χ1v) is 7.82. The number of nitrogens with two attached hydrogens (primary N) is 1. The van der Waals surface area contributed by atoms with Gasteiger partial charge in [0.25, 0.3) is 0 Å². The van der Waals surface area contributed by atoms with E-state index in [1.54, 1.807) is 11.8 Å². The van der Waals surface area contributed by atoms with Gasteiger partial charge in [0.1, 0.15) is 5.82 Å². The van der Waals surface area contributed by atoms with E-state index >= 15 is 0 Å². The third-order valence-electron chi connectivity index (χ3n) is 3.55. The van der Waals surface area contributed by atoms with Crippen LogP contribution < -0.4 is 11.1 Å². The van der Waals surface area contributed by atoms with Gasteiger partial charge in [0.05, 0.1) is 11.7 Å². The maximum Gasteiger partial charge on any atom is 0.248 e. The Kier molecular flexibility index (Phi) is 3.84. The molecule has 3 N–H and O–H groups in total. The number of carbonyl (C=O) groups excluding carboxylic acids is 1. The molecule has 0 aliphatic carbocycles. The number of rotatable bonds is 3. The van der Waals surface area contributed by atoms with Gasteiger partial charge < -0.3 is 11.1 Å². The van der Waals surface area contributed by atoms with Crippen LogP contribution in [0, 0.1) is 5.82 Å². The number of thioether (sulfide) groups is 1. The summed E-state index contributed by atoms with van der Waals surface area (Å²) in [5, 5.41) is 3.20. The lowest BCUT2D eigenvalue weighted by atomic mass is 10.0. The summed E-state index contributed by atoms with van der Waals surface area (Å²) < 4.78 is 13.9. The molecule has 21 heavy (non-hydrogen) atoms. The lowest BCUT2D eigenvalue weighted by Gasteiger charge is -2.27. The van der Waals surface area contributed by atoms with Gasteiger partial charge in [-0.3, -0.25) is 4.79 Å². The molecule has 3 rings (SSSR count). The Hall–Kier alpha value is -2.01. The summed E-state index contributed by atoms with van der Waals surface area (Å²) in [5.41, 5.74) is 8.31. The predicted molar refractivity (Wildman–Crippen MR) is 83.9 cm³/mol. The van der Waals surface area contributed by atoms with Crippen molar-refractivity contribution in [3.05, 3.63) is 65.0 Å². The summed E-state index contributed by atoms with van der Waals surface area (Å²) in [6, 6.07) is 12.3. The van der Waals surface area contributed by atoms with Crippen molar-refractivity contribution in [2.24, 2.45) is 5.73 Å². The summed E-state index contributed by atoms with van der Waals surface area (Å²) in [4.78, 5) is 11.2. The van der Waals surface area contributed by atoms with E-state index in [-0.39, 0.29) is 11.9 Å². The van der Waals surface area contributed by atoms with Gasteiger partial charge in [0.2, 0.25) is 5.91 Å². The normalized spacial score (nSPS) is 17.1. The molecule has 108 valence electrons. The SMILES string of the molecule is NC(=O)c1ccc(F)c(NC2CSCc3ccccc32)c1. The van der Waals surface area contributed by atoms with E-state index < -0.39 is 5.91 Å². The van der Waals surface area contributed by atoms with E-state index in [0.717, 1.165) is 11.5 Å². The van der Waals surface area contributed by atoms with Crippen LogP contribution in [-0.2, 0) is 5.75 Å². The Morgan fingerprint density at radius 3 is 2.90 bits per heavy atom. The first-order valence-electron chi connectivity index (χ1n) is 6.66. The largest absolute Gasteiger partial charge is 0.375 e. The molecule has 0 saturated heterocycles. The highest BCUT2D eigenvalue weighted by molar-refractivity contribution is 7.98. The molecule has 0 bridgehead atoms. The van der Waals surface area contributed by atoms with Gasteiger partial charge in [-0.05, 0) is 29.3 Å². The van der Waals surface area contributed by atoms with Crippen molar-refractivity contribution in [2.75, 3.05) is 11.1 Å². The summed E-state index contributed by atoms with van der Waals surface area (Å²) >= 11 is 1.80. The molecular formula is C16H15FN2OS. The summed E-state index contributed by atoms with van der Waals surface area (Å²) in [7, 11) is 0. The molecule has 0 aromatic heterocycles. The highest BCUT2D eigenvalue weighted by atomic mass is 32.2. The third-order valence-corrected chi connectivity index (χ3v) is 4.64. The van der Waals surface area contributed by atoms with Gasteiger partial charge in [0.15, 0.2) is 0 Å². The fraction of sp³-hybridized carbons (Fsp3) is 0.188. The molecule has 1 amide bonds. The number of nitrogens with one attached hydrogen (secondary N) is 1. The van der Waals surface area contributed by atoms with E-state index in [4.69, 9.17) is 5.73 Å². The zero-order valence-corrected chi connectivity index (χ0v) is 12.1. The number of halogens is 1. The molecule has 1 aliphatic heterocycles. The van der Waals surface area contributed by atoms with Gasteiger partial charge in [-0.1, -0.05) is 24.3 Å². The lowest BCUT2D eigenvalue weighted by molar-refractivity contribution is 0.100. The van der Waals surface area contributed by atoms with Crippen LogP contribution in [0.2, 0.25) is 0 Å². The minimum Gasteiger partial charge on any atom is -0.375 e. The molecular weight excluding hydrogens is 287 g/mol. The van der Waals surface area contributed by atoms with Crippen LogP contribution in [0.1, 0.15) is 27.5 Å². The lowest BCUT2D eigenvalue weighted by Crippen LogP contribution is -2.20. The molecule has 0 saturated carbocycles. The van der Waals surface area contributed by atoms with Gasteiger partial charge >= 0.3 is 0 Å². The molecule has 1 heterocycles. The van der Waals surface area contributed by atoms with E-state index in [0.29, 0.717) is 11.3 Å². The second kappa shape index (κ2) is 5.77. The van der Waals surface area contributed by atoms with Crippen LogP contribution >= 0.6 is 11.8 Å². The average molecular weight is 302 g/mol. The molecule has 0 spiro atoms. The standard InChI is InChI=1S/C16H15FN2OS/c17-13-6-5-10(16(18)20)7-14(13)19-15-9-21-8-11-3-1-2-4-12(11)15/h1-7,15,19H,8-9H2,(H2,18,20). The highest BCUT2D eigenvalue weighted by Gasteiger charge is 2.21. The number of carbonyl (C=O) groups is 1. The number of benzene rings is 2. The Bertz CT molecular complexity index is 690.